The first-order valence-corrected chi connectivity index (χ1v) is 7.25. The summed E-state index contributed by atoms with van der Waals surface area (Å²) < 4.78 is 32.4. The monoisotopic (exact) mass is 316 g/mol. The van der Waals surface area contributed by atoms with Crippen molar-refractivity contribution in [2.24, 2.45) is 5.73 Å². The standard InChI is InChI=1S/C14H22F2N4O2/c1-14(2,3)22-13(21)19-5-4-6-20-9(8-19)7-10(18-20)11(17)12(15)16/h7,11-12H,4-6,8,17H2,1-3H3. The molecule has 0 fully saturated rings. The second-order valence-corrected chi connectivity index (χ2v) is 6.40. The fraction of sp³-hybridized carbons (Fsp3) is 0.714. The molecule has 0 aromatic carbocycles. The minimum atomic E-state index is -2.67. The van der Waals surface area contributed by atoms with E-state index in [-0.39, 0.29) is 12.2 Å². The Balaban J connectivity index is 2.14. The normalized spacial score (nSPS) is 17.1. The van der Waals surface area contributed by atoms with Crippen LogP contribution in [0.2, 0.25) is 0 Å². The van der Waals surface area contributed by atoms with Gasteiger partial charge in [-0.1, -0.05) is 0 Å². The van der Waals surface area contributed by atoms with E-state index in [9.17, 15) is 13.6 Å². The molecule has 1 amide bonds. The van der Waals surface area contributed by atoms with E-state index in [1.807, 2.05) is 0 Å². The zero-order valence-electron chi connectivity index (χ0n) is 13.1. The number of fused-ring (bicyclic) bond motifs is 1. The van der Waals surface area contributed by atoms with Crippen LogP contribution < -0.4 is 5.73 Å². The number of aryl methyl sites for hydroxylation is 1. The summed E-state index contributed by atoms with van der Waals surface area (Å²) in [5.41, 5.74) is 5.70. The number of nitrogens with two attached hydrogens (primary N) is 1. The molecule has 1 aromatic rings. The third-order valence-corrected chi connectivity index (χ3v) is 3.30. The molecule has 2 heterocycles. The number of nitrogens with zero attached hydrogens (tertiary/aromatic N) is 3. The second kappa shape index (κ2) is 6.20. The number of halogens is 2. The van der Waals surface area contributed by atoms with Crippen molar-refractivity contribution in [1.82, 2.24) is 14.7 Å². The van der Waals surface area contributed by atoms with Gasteiger partial charge >= 0.3 is 6.09 Å². The summed E-state index contributed by atoms with van der Waals surface area (Å²) in [5, 5.41) is 4.13. The number of carbonyl (C=O) groups is 1. The Hall–Kier alpha value is -1.70. The quantitative estimate of drug-likeness (QED) is 0.908. The number of hydrogen-bond donors (Lipinski definition) is 1. The van der Waals surface area contributed by atoms with E-state index < -0.39 is 24.2 Å². The molecule has 2 rings (SSSR count). The zero-order chi connectivity index (χ0) is 16.5. The SMILES string of the molecule is CC(C)(C)OC(=O)N1CCCn2nc(C(N)C(F)F)cc2C1. The molecule has 1 aliphatic rings. The summed E-state index contributed by atoms with van der Waals surface area (Å²) >= 11 is 0. The van der Waals surface area contributed by atoms with Gasteiger partial charge in [0.1, 0.15) is 11.6 Å². The van der Waals surface area contributed by atoms with Gasteiger partial charge in [0.2, 0.25) is 0 Å². The van der Waals surface area contributed by atoms with Crippen LogP contribution in [0.3, 0.4) is 0 Å². The van der Waals surface area contributed by atoms with Crippen molar-refractivity contribution < 1.29 is 18.3 Å². The first-order chi connectivity index (χ1) is 10.2. The first kappa shape index (κ1) is 16.7. The van der Waals surface area contributed by atoms with Crippen molar-refractivity contribution in [3.05, 3.63) is 17.5 Å². The fourth-order valence-electron chi connectivity index (χ4n) is 2.26. The molecular weight excluding hydrogens is 294 g/mol. The minimum absolute atomic E-state index is 0.149. The average molecular weight is 316 g/mol. The number of alkyl halides is 2. The maximum absolute atomic E-state index is 12.7. The van der Waals surface area contributed by atoms with E-state index >= 15 is 0 Å². The van der Waals surface area contributed by atoms with Gasteiger partial charge in [-0.25, -0.2) is 13.6 Å². The van der Waals surface area contributed by atoms with E-state index in [1.54, 1.807) is 36.4 Å². The second-order valence-electron chi connectivity index (χ2n) is 6.40. The maximum Gasteiger partial charge on any atom is 0.410 e. The molecule has 6 nitrogen and oxygen atoms in total. The van der Waals surface area contributed by atoms with E-state index in [0.717, 1.165) is 0 Å². The number of hydrogen-bond acceptors (Lipinski definition) is 4. The first-order valence-electron chi connectivity index (χ1n) is 7.25. The van der Waals surface area contributed by atoms with E-state index in [1.165, 1.54) is 0 Å². The van der Waals surface area contributed by atoms with Crippen molar-refractivity contribution in [2.45, 2.75) is 58.3 Å². The Bertz CT molecular complexity index is 539. The highest BCUT2D eigenvalue weighted by molar-refractivity contribution is 5.68. The molecular formula is C14H22F2N4O2. The molecule has 1 aromatic heterocycles. The molecule has 0 spiro atoms. The minimum Gasteiger partial charge on any atom is -0.444 e. The molecule has 0 saturated carbocycles. The molecule has 0 radical (unpaired) electrons. The highest BCUT2D eigenvalue weighted by Crippen LogP contribution is 2.22. The lowest BCUT2D eigenvalue weighted by Crippen LogP contribution is -2.36. The fourth-order valence-corrected chi connectivity index (χ4v) is 2.26. The van der Waals surface area contributed by atoms with Gasteiger partial charge in [-0.05, 0) is 33.3 Å². The van der Waals surface area contributed by atoms with Gasteiger partial charge in [-0.2, -0.15) is 5.10 Å². The summed E-state index contributed by atoms with van der Waals surface area (Å²) in [6, 6.07) is 0.133. The zero-order valence-corrected chi connectivity index (χ0v) is 13.1. The Labute approximate surface area is 128 Å². The molecule has 1 unspecified atom stereocenters. The third kappa shape index (κ3) is 3.94. The number of amides is 1. The number of ether oxygens (including phenoxy) is 1. The summed E-state index contributed by atoms with van der Waals surface area (Å²) in [5.74, 6) is 0. The number of aromatic nitrogens is 2. The highest BCUT2D eigenvalue weighted by atomic mass is 19.3. The molecule has 1 atom stereocenters. The summed E-state index contributed by atoms with van der Waals surface area (Å²) in [6.45, 7) is 6.77. The number of rotatable bonds is 2. The molecule has 22 heavy (non-hydrogen) atoms. The lowest BCUT2D eigenvalue weighted by atomic mass is 10.2. The molecule has 0 aliphatic carbocycles. The van der Waals surface area contributed by atoms with Gasteiger partial charge in [0.15, 0.2) is 0 Å². The van der Waals surface area contributed by atoms with Crippen LogP contribution in [0.25, 0.3) is 0 Å². The van der Waals surface area contributed by atoms with E-state index in [2.05, 4.69) is 5.10 Å². The van der Waals surface area contributed by atoms with Crippen LogP contribution in [0.1, 0.15) is 44.6 Å². The van der Waals surface area contributed by atoms with Crippen LogP contribution in [-0.2, 0) is 17.8 Å². The predicted molar refractivity (Wildman–Crippen MR) is 76.4 cm³/mol. The van der Waals surface area contributed by atoms with Crippen LogP contribution in [0.4, 0.5) is 13.6 Å². The molecule has 0 bridgehead atoms. The Morgan fingerprint density at radius 2 is 2.09 bits per heavy atom. The molecule has 0 saturated heterocycles. The average Bonchev–Trinajstić information content (AvgIpc) is 2.67. The van der Waals surface area contributed by atoms with Gasteiger partial charge in [-0.15, -0.1) is 0 Å². The van der Waals surface area contributed by atoms with Crippen molar-refractivity contribution in [1.29, 1.82) is 0 Å². The molecule has 124 valence electrons. The van der Waals surface area contributed by atoms with Crippen molar-refractivity contribution >= 4 is 6.09 Å². The van der Waals surface area contributed by atoms with Gasteiger partial charge < -0.3 is 15.4 Å². The summed E-state index contributed by atoms with van der Waals surface area (Å²) in [4.78, 5) is 13.7. The van der Waals surface area contributed by atoms with Crippen LogP contribution in [-0.4, -0.2) is 39.3 Å². The maximum atomic E-state index is 12.7. The Kier molecular flexibility index (Phi) is 4.69. The topological polar surface area (TPSA) is 73.4 Å². The van der Waals surface area contributed by atoms with Crippen LogP contribution in [0.15, 0.2) is 6.07 Å². The Morgan fingerprint density at radius 3 is 2.68 bits per heavy atom. The summed E-state index contributed by atoms with van der Waals surface area (Å²) in [6.07, 6.45) is -2.40. The van der Waals surface area contributed by atoms with Gasteiger partial charge in [0.25, 0.3) is 6.43 Å². The Morgan fingerprint density at radius 1 is 1.41 bits per heavy atom. The van der Waals surface area contributed by atoms with Crippen molar-refractivity contribution in [2.75, 3.05) is 6.54 Å². The molecule has 8 heteroatoms. The highest BCUT2D eigenvalue weighted by Gasteiger charge is 2.27. The number of carbonyl (C=O) groups excluding carboxylic acids is 1. The lowest BCUT2D eigenvalue weighted by molar-refractivity contribution is 0.0236. The smallest absolute Gasteiger partial charge is 0.410 e. The van der Waals surface area contributed by atoms with Gasteiger partial charge in [0, 0.05) is 13.1 Å². The third-order valence-electron chi connectivity index (χ3n) is 3.30. The van der Waals surface area contributed by atoms with E-state index in [0.29, 0.717) is 25.2 Å². The van der Waals surface area contributed by atoms with Crippen LogP contribution >= 0.6 is 0 Å². The van der Waals surface area contributed by atoms with Crippen molar-refractivity contribution in [3.8, 4) is 0 Å². The largest absolute Gasteiger partial charge is 0.444 e. The van der Waals surface area contributed by atoms with Gasteiger partial charge in [-0.3, -0.25) is 4.68 Å². The molecule has 1 aliphatic heterocycles. The van der Waals surface area contributed by atoms with Crippen LogP contribution in [0.5, 0.6) is 0 Å². The van der Waals surface area contributed by atoms with Crippen LogP contribution in [0, 0.1) is 0 Å². The van der Waals surface area contributed by atoms with Gasteiger partial charge in [0.05, 0.1) is 17.9 Å². The molecule has 2 N–H and O–H groups in total. The van der Waals surface area contributed by atoms with Crippen molar-refractivity contribution in [3.63, 3.8) is 0 Å². The van der Waals surface area contributed by atoms with E-state index in [4.69, 9.17) is 10.5 Å². The predicted octanol–water partition coefficient (Wildman–Crippen LogP) is 2.29. The summed E-state index contributed by atoms with van der Waals surface area (Å²) in [7, 11) is 0. The lowest BCUT2D eigenvalue weighted by Gasteiger charge is -2.26.